The van der Waals surface area contributed by atoms with Gasteiger partial charge < -0.3 is 19.6 Å². The van der Waals surface area contributed by atoms with Gasteiger partial charge in [0.25, 0.3) is 5.91 Å². The molecule has 2 saturated heterocycles. The molecule has 0 radical (unpaired) electrons. The molecule has 30 heavy (non-hydrogen) atoms. The number of benzene rings is 2. The molecule has 4 rings (SSSR count). The van der Waals surface area contributed by atoms with E-state index in [1.807, 2.05) is 24.3 Å². The van der Waals surface area contributed by atoms with Crippen molar-refractivity contribution in [1.82, 2.24) is 4.90 Å². The van der Waals surface area contributed by atoms with E-state index in [-0.39, 0.29) is 18.2 Å². The summed E-state index contributed by atoms with van der Waals surface area (Å²) >= 11 is 0. The summed E-state index contributed by atoms with van der Waals surface area (Å²) in [6, 6.07) is 10.5. The van der Waals surface area contributed by atoms with Crippen LogP contribution >= 0.6 is 0 Å². The molecule has 2 fully saturated rings. The number of aliphatic hydroxyl groups is 1. The van der Waals surface area contributed by atoms with Crippen molar-refractivity contribution in [2.45, 2.75) is 37.9 Å². The van der Waals surface area contributed by atoms with Gasteiger partial charge in [-0.05, 0) is 43.5 Å². The minimum Gasteiger partial charge on any atom is -0.487 e. The van der Waals surface area contributed by atoms with Crippen LogP contribution in [0, 0.1) is 11.6 Å². The van der Waals surface area contributed by atoms with Crippen LogP contribution in [0.1, 0.15) is 36.0 Å². The van der Waals surface area contributed by atoms with E-state index in [0.29, 0.717) is 18.5 Å². The second kappa shape index (κ2) is 9.00. The Kier molecular flexibility index (Phi) is 6.18. The summed E-state index contributed by atoms with van der Waals surface area (Å²) in [5, 5.41) is 10.4. The first kappa shape index (κ1) is 20.6. The fourth-order valence-electron chi connectivity index (χ4n) is 4.15. The maximum atomic E-state index is 13.3. The van der Waals surface area contributed by atoms with Crippen molar-refractivity contribution in [3.05, 3.63) is 59.7 Å². The number of anilines is 1. The number of rotatable bonds is 4. The molecule has 2 atom stereocenters. The molecular formula is C23H26F2N2O3. The minimum atomic E-state index is -0.943. The van der Waals surface area contributed by atoms with Gasteiger partial charge in [0, 0.05) is 55.5 Å². The molecule has 2 aromatic rings. The van der Waals surface area contributed by atoms with Crippen LogP contribution < -0.4 is 9.64 Å². The second-order valence-electron chi connectivity index (χ2n) is 7.96. The predicted molar refractivity (Wildman–Crippen MR) is 110 cm³/mol. The zero-order valence-corrected chi connectivity index (χ0v) is 16.8. The van der Waals surface area contributed by atoms with Crippen LogP contribution in [0.2, 0.25) is 0 Å². The molecule has 0 unspecified atom stereocenters. The highest BCUT2D eigenvalue weighted by molar-refractivity contribution is 5.94. The van der Waals surface area contributed by atoms with E-state index < -0.39 is 23.8 Å². The van der Waals surface area contributed by atoms with Crippen molar-refractivity contribution in [1.29, 1.82) is 0 Å². The summed E-state index contributed by atoms with van der Waals surface area (Å²) in [7, 11) is 0. The first-order valence-electron chi connectivity index (χ1n) is 10.4. The number of halogens is 2. The van der Waals surface area contributed by atoms with Gasteiger partial charge in [-0.25, -0.2) is 8.78 Å². The molecule has 1 N–H and O–H groups in total. The number of hydrogen-bond donors (Lipinski definition) is 1. The highest BCUT2D eigenvalue weighted by atomic mass is 19.1. The smallest absolute Gasteiger partial charge is 0.253 e. The molecule has 1 amide bonds. The third-order valence-electron chi connectivity index (χ3n) is 5.77. The lowest BCUT2D eigenvalue weighted by molar-refractivity contribution is -0.0200. The number of ether oxygens (including phenoxy) is 1. The fourth-order valence-corrected chi connectivity index (χ4v) is 4.15. The number of hydrogen-bond acceptors (Lipinski definition) is 4. The van der Waals surface area contributed by atoms with Crippen LogP contribution in [0.3, 0.4) is 0 Å². The van der Waals surface area contributed by atoms with E-state index in [1.54, 1.807) is 4.90 Å². The first-order valence-corrected chi connectivity index (χ1v) is 10.4. The summed E-state index contributed by atoms with van der Waals surface area (Å²) in [4.78, 5) is 16.8. The van der Waals surface area contributed by atoms with Crippen LogP contribution in [0.25, 0.3) is 0 Å². The van der Waals surface area contributed by atoms with E-state index in [4.69, 9.17) is 4.74 Å². The first-order chi connectivity index (χ1) is 14.5. The minimum absolute atomic E-state index is 0.0321. The highest BCUT2D eigenvalue weighted by Gasteiger charge is 2.32. The van der Waals surface area contributed by atoms with Crippen LogP contribution in [0.4, 0.5) is 14.5 Å². The van der Waals surface area contributed by atoms with Gasteiger partial charge >= 0.3 is 0 Å². The Morgan fingerprint density at radius 2 is 1.63 bits per heavy atom. The molecule has 0 bridgehead atoms. The summed E-state index contributed by atoms with van der Waals surface area (Å²) < 4.78 is 32.3. The topological polar surface area (TPSA) is 53.0 Å². The Hall–Kier alpha value is -2.67. The Labute approximate surface area is 174 Å². The summed E-state index contributed by atoms with van der Waals surface area (Å²) in [6.07, 6.45) is 2.45. The van der Waals surface area contributed by atoms with Crippen molar-refractivity contribution < 1.29 is 23.4 Å². The standard InChI is InChI=1S/C23H26F2N2O3/c24-17-12-18(25)14-20(13-17)30-22-8-11-27(15-21(22)28)23(29)16-4-6-19(7-5-16)26-9-2-1-3-10-26/h4-7,12-14,21-22,28H,1-3,8-11,15H2/t21-,22-/m1/s1. The Bertz CT molecular complexity index is 864. The van der Waals surface area contributed by atoms with E-state index in [2.05, 4.69) is 4.90 Å². The summed E-state index contributed by atoms with van der Waals surface area (Å²) in [5.74, 6) is -1.58. The molecule has 2 heterocycles. The molecular weight excluding hydrogens is 390 g/mol. The third kappa shape index (κ3) is 4.73. The normalized spacial score (nSPS) is 22.1. The van der Waals surface area contributed by atoms with Crippen LogP contribution in [-0.4, -0.2) is 54.3 Å². The van der Waals surface area contributed by atoms with Gasteiger partial charge in [-0.1, -0.05) is 0 Å². The number of aliphatic hydroxyl groups excluding tert-OH is 1. The van der Waals surface area contributed by atoms with Gasteiger partial charge in [0.15, 0.2) is 0 Å². The lowest BCUT2D eigenvalue weighted by atomic mass is 10.0. The third-order valence-corrected chi connectivity index (χ3v) is 5.77. The average Bonchev–Trinajstić information content (AvgIpc) is 2.75. The number of nitrogens with zero attached hydrogens (tertiary/aromatic N) is 2. The number of carbonyl (C=O) groups is 1. The molecule has 160 valence electrons. The molecule has 0 aromatic heterocycles. The predicted octanol–water partition coefficient (Wildman–Crippen LogP) is 3.61. The maximum Gasteiger partial charge on any atom is 0.253 e. The van der Waals surface area contributed by atoms with Gasteiger partial charge in [-0.2, -0.15) is 0 Å². The fraction of sp³-hybridized carbons (Fsp3) is 0.435. The molecule has 5 nitrogen and oxygen atoms in total. The molecule has 2 aliphatic heterocycles. The number of β-amino-alcohol motifs (C(OH)–C–C–N with tert-alkyl or cyclic N) is 1. The quantitative estimate of drug-likeness (QED) is 0.828. The average molecular weight is 416 g/mol. The summed E-state index contributed by atoms with van der Waals surface area (Å²) in [6.45, 7) is 2.59. The van der Waals surface area contributed by atoms with Gasteiger partial charge in [-0.3, -0.25) is 4.79 Å². The van der Waals surface area contributed by atoms with Gasteiger partial charge in [0.2, 0.25) is 0 Å². The van der Waals surface area contributed by atoms with Crippen molar-refractivity contribution >= 4 is 11.6 Å². The highest BCUT2D eigenvalue weighted by Crippen LogP contribution is 2.24. The zero-order valence-electron chi connectivity index (χ0n) is 16.8. The van der Waals surface area contributed by atoms with Crippen molar-refractivity contribution in [2.75, 3.05) is 31.1 Å². The molecule has 0 spiro atoms. The van der Waals surface area contributed by atoms with E-state index in [0.717, 1.165) is 37.0 Å². The molecule has 2 aromatic carbocycles. The van der Waals surface area contributed by atoms with E-state index >= 15 is 0 Å². The zero-order chi connectivity index (χ0) is 21.1. The number of amides is 1. The molecule has 2 aliphatic rings. The van der Waals surface area contributed by atoms with Gasteiger partial charge in [0.1, 0.15) is 29.6 Å². The van der Waals surface area contributed by atoms with Crippen molar-refractivity contribution in [2.24, 2.45) is 0 Å². The van der Waals surface area contributed by atoms with Crippen LogP contribution in [-0.2, 0) is 0 Å². The Balaban J connectivity index is 1.36. The lowest BCUT2D eigenvalue weighted by Gasteiger charge is -2.36. The van der Waals surface area contributed by atoms with Crippen LogP contribution in [0.5, 0.6) is 5.75 Å². The largest absolute Gasteiger partial charge is 0.487 e. The second-order valence-corrected chi connectivity index (χ2v) is 7.96. The van der Waals surface area contributed by atoms with Crippen LogP contribution in [0.15, 0.2) is 42.5 Å². The van der Waals surface area contributed by atoms with Crippen molar-refractivity contribution in [3.8, 4) is 5.75 Å². The van der Waals surface area contributed by atoms with Crippen molar-refractivity contribution in [3.63, 3.8) is 0 Å². The van der Waals surface area contributed by atoms with Gasteiger partial charge in [-0.15, -0.1) is 0 Å². The van der Waals surface area contributed by atoms with E-state index in [1.165, 1.54) is 19.3 Å². The Morgan fingerprint density at radius 3 is 2.27 bits per heavy atom. The molecule has 0 aliphatic carbocycles. The number of carbonyl (C=O) groups excluding carboxylic acids is 1. The monoisotopic (exact) mass is 416 g/mol. The maximum absolute atomic E-state index is 13.3. The SMILES string of the molecule is O=C(c1ccc(N2CCCCC2)cc1)N1CC[C@@H](Oc2cc(F)cc(F)c2)[C@H](O)C1. The molecule has 0 saturated carbocycles. The Morgan fingerprint density at radius 1 is 0.967 bits per heavy atom. The molecule has 7 heteroatoms. The van der Waals surface area contributed by atoms with Gasteiger partial charge in [0.05, 0.1) is 6.54 Å². The lowest BCUT2D eigenvalue weighted by Crippen LogP contribution is -2.51. The summed E-state index contributed by atoms with van der Waals surface area (Å²) in [5.41, 5.74) is 1.70. The van der Waals surface area contributed by atoms with E-state index in [9.17, 15) is 18.7 Å². The number of likely N-dealkylation sites (tertiary alicyclic amines) is 1. The number of piperidine rings is 2.